The zero-order valence-electron chi connectivity index (χ0n) is 15.1. The van der Waals surface area contributed by atoms with E-state index in [1.54, 1.807) is 19.1 Å². The fourth-order valence-corrected chi connectivity index (χ4v) is 3.76. The van der Waals surface area contributed by atoms with Crippen molar-refractivity contribution in [1.29, 1.82) is 0 Å². The van der Waals surface area contributed by atoms with Crippen molar-refractivity contribution < 1.29 is 9.18 Å². The van der Waals surface area contributed by atoms with Crippen molar-refractivity contribution in [2.75, 3.05) is 6.54 Å². The van der Waals surface area contributed by atoms with Gasteiger partial charge in [0.2, 0.25) is 0 Å². The largest absolute Gasteiger partial charge is 0.332 e. The van der Waals surface area contributed by atoms with Gasteiger partial charge in [-0.05, 0) is 55.4 Å². The topological polar surface area (TPSA) is 20.3 Å². The Balaban J connectivity index is 1.89. The molecule has 0 aromatic heterocycles. The molecule has 132 valence electrons. The van der Waals surface area contributed by atoms with Gasteiger partial charge < -0.3 is 4.90 Å². The highest BCUT2D eigenvalue weighted by molar-refractivity contribution is 5.96. The van der Waals surface area contributed by atoms with Crippen molar-refractivity contribution in [3.8, 4) is 0 Å². The molecule has 1 amide bonds. The molecule has 3 heteroatoms. The van der Waals surface area contributed by atoms with E-state index in [-0.39, 0.29) is 17.5 Å². The molecular weight excluding hydrogens is 313 g/mol. The summed E-state index contributed by atoms with van der Waals surface area (Å²) in [6, 6.07) is 13.4. The number of halogens is 1. The quantitative estimate of drug-likeness (QED) is 0.725. The predicted molar refractivity (Wildman–Crippen MR) is 99.2 cm³/mol. The number of amides is 1. The minimum Gasteiger partial charge on any atom is -0.332 e. The molecule has 2 nitrogen and oxygen atoms in total. The summed E-state index contributed by atoms with van der Waals surface area (Å²) in [4.78, 5) is 14.9. The van der Waals surface area contributed by atoms with E-state index in [0.717, 1.165) is 37.7 Å². The Hall–Kier alpha value is -2.16. The van der Waals surface area contributed by atoms with Crippen molar-refractivity contribution in [2.24, 2.45) is 0 Å². The molecule has 1 atom stereocenters. The molecule has 1 unspecified atom stereocenters. The van der Waals surface area contributed by atoms with E-state index in [4.69, 9.17) is 0 Å². The highest BCUT2D eigenvalue weighted by Crippen LogP contribution is 2.33. The molecule has 2 aromatic rings. The minimum absolute atomic E-state index is 0.0379. The van der Waals surface area contributed by atoms with Crippen molar-refractivity contribution in [3.63, 3.8) is 0 Å². The number of hydrogen-bond donors (Lipinski definition) is 0. The van der Waals surface area contributed by atoms with Crippen LogP contribution < -0.4 is 0 Å². The summed E-state index contributed by atoms with van der Waals surface area (Å²) in [7, 11) is 0. The summed E-state index contributed by atoms with van der Waals surface area (Å²) in [5.41, 5.74) is 3.40. The molecule has 1 aliphatic heterocycles. The Labute approximate surface area is 149 Å². The lowest BCUT2D eigenvalue weighted by molar-refractivity contribution is 0.0606. The molecule has 1 heterocycles. The van der Waals surface area contributed by atoms with Crippen LogP contribution in [0.4, 0.5) is 4.39 Å². The summed E-state index contributed by atoms with van der Waals surface area (Å²) in [6.45, 7) is 4.66. The average Bonchev–Trinajstić information content (AvgIpc) is 2.62. The fraction of sp³-hybridized carbons (Fsp3) is 0.409. The van der Waals surface area contributed by atoms with Crippen LogP contribution in [0.25, 0.3) is 0 Å². The molecule has 0 saturated carbocycles. The SMILES string of the molecule is CCCc1ccc(C2CCCCN2C(=O)c2c(C)cccc2F)cc1. The lowest BCUT2D eigenvalue weighted by Gasteiger charge is -2.36. The molecule has 0 N–H and O–H groups in total. The first-order valence-electron chi connectivity index (χ1n) is 9.26. The van der Waals surface area contributed by atoms with Crippen LogP contribution in [-0.4, -0.2) is 17.4 Å². The molecule has 0 bridgehead atoms. The molecular formula is C22H26FNO. The van der Waals surface area contributed by atoms with E-state index in [0.29, 0.717) is 12.1 Å². The summed E-state index contributed by atoms with van der Waals surface area (Å²) < 4.78 is 14.3. The Morgan fingerprint density at radius 2 is 1.92 bits per heavy atom. The van der Waals surface area contributed by atoms with Gasteiger partial charge >= 0.3 is 0 Å². The van der Waals surface area contributed by atoms with Crippen LogP contribution in [0.2, 0.25) is 0 Å². The summed E-state index contributed by atoms with van der Waals surface area (Å²) in [5.74, 6) is -0.606. The third-order valence-corrected chi connectivity index (χ3v) is 5.10. The van der Waals surface area contributed by atoms with Crippen molar-refractivity contribution in [2.45, 2.75) is 52.0 Å². The second-order valence-electron chi connectivity index (χ2n) is 6.93. The number of piperidine rings is 1. The van der Waals surface area contributed by atoms with Gasteiger partial charge in [0, 0.05) is 6.54 Å². The Morgan fingerprint density at radius 3 is 2.60 bits per heavy atom. The van der Waals surface area contributed by atoms with Gasteiger partial charge in [-0.25, -0.2) is 4.39 Å². The highest BCUT2D eigenvalue weighted by atomic mass is 19.1. The maximum absolute atomic E-state index is 14.3. The van der Waals surface area contributed by atoms with E-state index >= 15 is 0 Å². The molecule has 3 rings (SSSR count). The van der Waals surface area contributed by atoms with Crippen LogP contribution in [0.3, 0.4) is 0 Å². The smallest absolute Gasteiger partial charge is 0.257 e. The van der Waals surface area contributed by atoms with Crippen molar-refractivity contribution in [3.05, 3.63) is 70.5 Å². The van der Waals surface area contributed by atoms with E-state index < -0.39 is 5.82 Å². The van der Waals surface area contributed by atoms with E-state index in [1.165, 1.54) is 11.6 Å². The first-order chi connectivity index (χ1) is 12.1. The zero-order valence-corrected chi connectivity index (χ0v) is 15.1. The molecule has 2 aromatic carbocycles. The third kappa shape index (κ3) is 3.76. The molecule has 0 spiro atoms. The van der Waals surface area contributed by atoms with Crippen LogP contribution in [0, 0.1) is 12.7 Å². The van der Waals surface area contributed by atoms with Gasteiger partial charge in [0.15, 0.2) is 0 Å². The van der Waals surface area contributed by atoms with Crippen molar-refractivity contribution >= 4 is 5.91 Å². The number of carbonyl (C=O) groups is 1. The van der Waals surface area contributed by atoms with E-state index in [2.05, 4.69) is 31.2 Å². The third-order valence-electron chi connectivity index (χ3n) is 5.10. The summed E-state index contributed by atoms with van der Waals surface area (Å²) >= 11 is 0. The Morgan fingerprint density at radius 1 is 1.16 bits per heavy atom. The number of benzene rings is 2. The minimum atomic E-state index is -0.424. The second kappa shape index (κ2) is 7.81. The van der Waals surface area contributed by atoms with Gasteiger partial charge in [0.1, 0.15) is 5.82 Å². The summed E-state index contributed by atoms with van der Waals surface area (Å²) in [5, 5.41) is 0. The Bertz CT molecular complexity index is 718. The fourth-order valence-electron chi connectivity index (χ4n) is 3.76. The number of nitrogens with zero attached hydrogens (tertiary/aromatic N) is 1. The van der Waals surface area contributed by atoms with Crippen molar-refractivity contribution in [1.82, 2.24) is 4.90 Å². The maximum Gasteiger partial charge on any atom is 0.257 e. The molecule has 25 heavy (non-hydrogen) atoms. The standard InChI is InChI=1S/C22H26FNO/c1-3-7-17-11-13-18(14-12-17)20-10-4-5-15-24(20)22(25)21-16(2)8-6-9-19(21)23/h6,8-9,11-14,20H,3-5,7,10,15H2,1-2H3. The zero-order chi connectivity index (χ0) is 17.8. The first-order valence-corrected chi connectivity index (χ1v) is 9.26. The maximum atomic E-state index is 14.3. The van der Waals surface area contributed by atoms with E-state index in [1.807, 2.05) is 4.90 Å². The monoisotopic (exact) mass is 339 g/mol. The number of likely N-dealkylation sites (tertiary alicyclic amines) is 1. The van der Waals surface area contributed by atoms with Gasteiger partial charge in [-0.3, -0.25) is 4.79 Å². The highest BCUT2D eigenvalue weighted by Gasteiger charge is 2.30. The van der Waals surface area contributed by atoms with E-state index in [9.17, 15) is 9.18 Å². The molecule has 0 radical (unpaired) electrons. The van der Waals surface area contributed by atoms with Gasteiger partial charge in [0.25, 0.3) is 5.91 Å². The number of aryl methyl sites for hydroxylation is 2. The predicted octanol–water partition coefficient (Wildman–Crippen LogP) is 5.45. The van der Waals surface area contributed by atoms with Crippen LogP contribution in [0.1, 0.15) is 65.7 Å². The summed E-state index contributed by atoms with van der Waals surface area (Å²) in [6.07, 6.45) is 5.21. The van der Waals surface area contributed by atoms with Gasteiger partial charge in [-0.15, -0.1) is 0 Å². The van der Waals surface area contributed by atoms with Gasteiger partial charge in [-0.2, -0.15) is 0 Å². The number of hydrogen-bond acceptors (Lipinski definition) is 1. The number of carbonyl (C=O) groups excluding carboxylic acids is 1. The first kappa shape index (κ1) is 17.7. The Kier molecular flexibility index (Phi) is 5.52. The van der Waals surface area contributed by atoms with Crippen LogP contribution in [0.15, 0.2) is 42.5 Å². The van der Waals surface area contributed by atoms with Gasteiger partial charge in [-0.1, -0.05) is 49.7 Å². The van der Waals surface area contributed by atoms with Gasteiger partial charge in [0.05, 0.1) is 11.6 Å². The lowest BCUT2D eigenvalue weighted by atomic mass is 9.93. The average molecular weight is 339 g/mol. The molecule has 1 saturated heterocycles. The lowest BCUT2D eigenvalue weighted by Crippen LogP contribution is -2.39. The normalized spacial score (nSPS) is 17.6. The number of rotatable bonds is 4. The molecule has 0 aliphatic carbocycles. The van der Waals surface area contributed by atoms with Crippen LogP contribution in [-0.2, 0) is 6.42 Å². The van der Waals surface area contributed by atoms with Crippen LogP contribution in [0.5, 0.6) is 0 Å². The second-order valence-corrected chi connectivity index (χ2v) is 6.93. The van der Waals surface area contributed by atoms with Crippen LogP contribution >= 0.6 is 0 Å². The molecule has 1 fully saturated rings. The molecule has 1 aliphatic rings.